The third-order valence-corrected chi connectivity index (χ3v) is 3.66. The van der Waals surface area contributed by atoms with Gasteiger partial charge in [0.25, 0.3) is 0 Å². The molecule has 1 heterocycles. The van der Waals surface area contributed by atoms with Gasteiger partial charge in [0.05, 0.1) is 6.54 Å². The van der Waals surface area contributed by atoms with Gasteiger partial charge in [0.2, 0.25) is 5.91 Å². The van der Waals surface area contributed by atoms with Crippen LogP contribution in [0.25, 0.3) is 0 Å². The van der Waals surface area contributed by atoms with Crippen LogP contribution in [0.15, 0.2) is 23.9 Å². The molecule has 5 nitrogen and oxygen atoms in total. The Balaban J connectivity index is 0.00000484. The highest BCUT2D eigenvalue weighted by Crippen LogP contribution is 2.10. The first-order valence-electron chi connectivity index (χ1n) is 8.20. The summed E-state index contributed by atoms with van der Waals surface area (Å²) in [4.78, 5) is 24.5. The van der Waals surface area contributed by atoms with Crippen molar-refractivity contribution >= 4 is 28.9 Å². The number of carbonyl (C=O) groups is 2. The summed E-state index contributed by atoms with van der Waals surface area (Å²) >= 11 is 0. The maximum absolute atomic E-state index is 11.7. The number of hydrogen-bond acceptors (Lipinski definition) is 4. The van der Waals surface area contributed by atoms with E-state index in [1.54, 1.807) is 23.3 Å². The Bertz CT molecular complexity index is 422. The van der Waals surface area contributed by atoms with Crippen LogP contribution < -0.4 is 5.73 Å². The third kappa shape index (κ3) is 10.2. The molecule has 0 aromatic rings. The Labute approximate surface area is 149 Å². The number of rotatable bonds is 11. The van der Waals surface area contributed by atoms with Gasteiger partial charge in [-0.05, 0) is 12.5 Å². The molecule has 1 amide bonds. The standard InChI is InChI=1S/C17H28N2O3.BrH/c1-2-3-4-5-6-7-8-11-16(20)22-14-19-12-9-10-15(13-19)17(18)21;/h9-10,12H,2-8,11,13-14H2,1H3,(H2,18,21);1H. The van der Waals surface area contributed by atoms with E-state index in [1.807, 2.05) is 0 Å². The lowest BCUT2D eigenvalue weighted by molar-refractivity contribution is -0.147. The predicted octanol–water partition coefficient (Wildman–Crippen LogP) is 3.45. The molecule has 23 heavy (non-hydrogen) atoms. The van der Waals surface area contributed by atoms with Crippen molar-refractivity contribution in [3.8, 4) is 0 Å². The molecule has 1 aliphatic heterocycles. The average Bonchev–Trinajstić information content (AvgIpc) is 2.52. The zero-order chi connectivity index (χ0) is 16.2. The Morgan fingerprint density at radius 3 is 2.48 bits per heavy atom. The average molecular weight is 389 g/mol. The summed E-state index contributed by atoms with van der Waals surface area (Å²) in [7, 11) is 0. The maximum Gasteiger partial charge on any atom is 0.307 e. The van der Waals surface area contributed by atoms with Gasteiger partial charge in [0.1, 0.15) is 0 Å². The smallest absolute Gasteiger partial charge is 0.307 e. The largest absolute Gasteiger partial charge is 0.444 e. The van der Waals surface area contributed by atoms with E-state index in [1.165, 1.54) is 32.1 Å². The van der Waals surface area contributed by atoms with Crippen molar-refractivity contribution < 1.29 is 14.3 Å². The van der Waals surface area contributed by atoms with E-state index in [-0.39, 0.29) is 29.7 Å². The molecule has 0 aromatic carbocycles. The van der Waals surface area contributed by atoms with Crippen LogP contribution in [0.3, 0.4) is 0 Å². The Morgan fingerprint density at radius 1 is 1.17 bits per heavy atom. The molecule has 2 N–H and O–H groups in total. The first-order valence-corrected chi connectivity index (χ1v) is 8.20. The molecule has 6 heteroatoms. The maximum atomic E-state index is 11.7. The number of primary amides is 1. The highest BCUT2D eigenvalue weighted by molar-refractivity contribution is 8.93. The Morgan fingerprint density at radius 2 is 1.83 bits per heavy atom. The van der Waals surface area contributed by atoms with Gasteiger partial charge in [0, 0.05) is 18.2 Å². The number of halogens is 1. The first kappa shape index (κ1) is 21.7. The quantitative estimate of drug-likeness (QED) is 0.434. The molecule has 0 unspecified atom stereocenters. The first-order chi connectivity index (χ1) is 10.6. The van der Waals surface area contributed by atoms with Crippen LogP contribution in [0.2, 0.25) is 0 Å². The fraction of sp³-hybridized carbons (Fsp3) is 0.647. The number of ether oxygens (including phenoxy) is 1. The lowest BCUT2D eigenvalue weighted by Gasteiger charge is -2.22. The molecule has 0 aromatic heterocycles. The van der Waals surface area contributed by atoms with Gasteiger partial charge in [-0.3, -0.25) is 9.59 Å². The topological polar surface area (TPSA) is 72.6 Å². The zero-order valence-electron chi connectivity index (χ0n) is 14.0. The third-order valence-electron chi connectivity index (χ3n) is 3.66. The lowest BCUT2D eigenvalue weighted by Crippen LogP contribution is -2.31. The van der Waals surface area contributed by atoms with Crippen molar-refractivity contribution in [1.29, 1.82) is 0 Å². The summed E-state index contributed by atoms with van der Waals surface area (Å²) in [5.74, 6) is -0.624. The number of allylic oxidation sites excluding steroid dienone is 2. The highest BCUT2D eigenvalue weighted by Gasteiger charge is 2.13. The van der Waals surface area contributed by atoms with Crippen LogP contribution in [0.4, 0.5) is 0 Å². The van der Waals surface area contributed by atoms with Gasteiger partial charge in [-0.1, -0.05) is 51.5 Å². The molecule has 0 atom stereocenters. The molecule has 1 aliphatic rings. The Hall–Kier alpha value is -1.30. The fourth-order valence-electron chi connectivity index (χ4n) is 2.31. The SMILES string of the molecule is Br.CCCCCCCCCC(=O)OCN1C=CC=C(C(N)=O)C1. The van der Waals surface area contributed by atoms with Gasteiger partial charge in [0.15, 0.2) is 6.73 Å². The van der Waals surface area contributed by atoms with Crippen LogP contribution in [0, 0.1) is 0 Å². The summed E-state index contributed by atoms with van der Waals surface area (Å²) in [6, 6.07) is 0. The lowest BCUT2D eigenvalue weighted by atomic mass is 10.1. The normalized spacial score (nSPS) is 13.3. The van der Waals surface area contributed by atoms with E-state index in [4.69, 9.17) is 10.5 Å². The van der Waals surface area contributed by atoms with Crippen LogP contribution in [0.5, 0.6) is 0 Å². The second-order valence-electron chi connectivity index (χ2n) is 5.66. The summed E-state index contributed by atoms with van der Waals surface area (Å²) in [5.41, 5.74) is 5.75. The summed E-state index contributed by atoms with van der Waals surface area (Å²) in [6.45, 7) is 2.75. The van der Waals surface area contributed by atoms with Crippen LogP contribution in [-0.4, -0.2) is 30.1 Å². The van der Waals surface area contributed by atoms with Crippen LogP contribution >= 0.6 is 17.0 Å². The van der Waals surface area contributed by atoms with Crippen molar-refractivity contribution in [1.82, 2.24) is 4.90 Å². The number of amides is 1. The molecule has 0 aliphatic carbocycles. The molecular formula is C17H29BrN2O3. The fourth-order valence-corrected chi connectivity index (χ4v) is 2.31. The molecule has 0 spiro atoms. The molecule has 0 bridgehead atoms. The van der Waals surface area contributed by atoms with Crippen molar-refractivity contribution in [2.24, 2.45) is 5.73 Å². The van der Waals surface area contributed by atoms with Crippen LogP contribution in [-0.2, 0) is 14.3 Å². The van der Waals surface area contributed by atoms with Crippen LogP contribution in [0.1, 0.15) is 58.3 Å². The monoisotopic (exact) mass is 388 g/mol. The molecule has 0 radical (unpaired) electrons. The summed E-state index contributed by atoms with van der Waals surface area (Å²) in [5, 5.41) is 0. The van der Waals surface area contributed by atoms with Crippen molar-refractivity contribution in [3.05, 3.63) is 23.9 Å². The number of nitrogens with two attached hydrogens (primary N) is 1. The number of esters is 1. The predicted molar refractivity (Wildman–Crippen MR) is 97.0 cm³/mol. The van der Waals surface area contributed by atoms with Crippen molar-refractivity contribution in [2.75, 3.05) is 13.3 Å². The van der Waals surface area contributed by atoms with E-state index in [0.717, 1.165) is 12.8 Å². The van der Waals surface area contributed by atoms with E-state index in [9.17, 15) is 9.59 Å². The molecule has 1 rings (SSSR count). The second kappa shape index (κ2) is 13.2. The summed E-state index contributed by atoms with van der Waals surface area (Å²) < 4.78 is 5.21. The molecule has 0 fully saturated rings. The molecule has 0 saturated carbocycles. The van der Waals surface area contributed by atoms with E-state index >= 15 is 0 Å². The van der Waals surface area contributed by atoms with Crippen molar-refractivity contribution in [2.45, 2.75) is 58.3 Å². The minimum atomic E-state index is -0.441. The zero-order valence-corrected chi connectivity index (χ0v) is 15.7. The van der Waals surface area contributed by atoms with E-state index in [0.29, 0.717) is 18.5 Å². The number of hydrogen-bond donors (Lipinski definition) is 1. The summed E-state index contributed by atoms with van der Waals surface area (Å²) in [6.07, 6.45) is 13.9. The molecule has 0 saturated heterocycles. The van der Waals surface area contributed by atoms with E-state index in [2.05, 4.69) is 6.92 Å². The van der Waals surface area contributed by atoms with Crippen molar-refractivity contribution in [3.63, 3.8) is 0 Å². The molecule has 132 valence electrons. The van der Waals surface area contributed by atoms with Gasteiger partial charge in [-0.25, -0.2) is 0 Å². The minimum absolute atomic E-state index is 0. The Kier molecular flexibility index (Phi) is 12.4. The second-order valence-corrected chi connectivity index (χ2v) is 5.66. The number of carbonyl (C=O) groups excluding carboxylic acids is 2. The van der Waals surface area contributed by atoms with Gasteiger partial charge < -0.3 is 15.4 Å². The molecular weight excluding hydrogens is 360 g/mol. The number of nitrogens with zero attached hydrogens (tertiary/aromatic N) is 1. The highest BCUT2D eigenvalue weighted by atomic mass is 79.9. The minimum Gasteiger partial charge on any atom is -0.444 e. The number of unbranched alkanes of at least 4 members (excludes halogenated alkanes) is 6. The van der Waals surface area contributed by atoms with E-state index < -0.39 is 5.91 Å². The van der Waals surface area contributed by atoms with Gasteiger partial charge >= 0.3 is 5.97 Å². The van der Waals surface area contributed by atoms with Gasteiger partial charge in [-0.2, -0.15) is 0 Å². The van der Waals surface area contributed by atoms with Gasteiger partial charge in [-0.15, -0.1) is 17.0 Å².